The molecule has 27 heavy (non-hydrogen) atoms. The standard InChI is InChI=1S/C20H25FN4O.HI/c1-2-9-22-20(24-11-8-17-4-3-12-26-17)23-10-7-15-14-25-19-6-5-16(21)13-18(15)19;/h3-6,12-14,25H,2,7-11H2,1H3,(H2,22,23,24);1H. The number of hydrogen-bond donors (Lipinski definition) is 3. The second-order valence-electron chi connectivity index (χ2n) is 6.17. The summed E-state index contributed by atoms with van der Waals surface area (Å²) in [6, 6.07) is 8.68. The first-order valence-electron chi connectivity index (χ1n) is 9.06. The highest BCUT2D eigenvalue weighted by Gasteiger charge is 2.06. The summed E-state index contributed by atoms with van der Waals surface area (Å²) in [5.74, 6) is 1.54. The Hall–Kier alpha value is -2.03. The SMILES string of the molecule is CCCN=C(NCCc1ccco1)NCCc1c[nH]c2ccc(F)cc12.I. The fourth-order valence-corrected chi connectivity index (χ4v) is 2.83. The summed E-state index contributed by atoms with van der Waals surface area (Å²) in [5, 5.41) is 7.62. The molecule has 5 nitrogen and oxygen atoms in total. The van der Waals surface area contributed by atoms with E-state index < -0.39 is 0 Å². The molecule has 0 aliphatic heterocycles. The van der Waals surface area contributed by atoms with Gasteiger partial charge in [-0.1, -0.05) is 6.92 Å². The molecule has 0 fully saturated rings. The van der Waals surface area contributed by atoms with Crippen LogP contribution >= 0.6 is 24.0 Å². The van der Waals surface area contributed by atoms with Crippen molar-refractivity contribution in [2.45, 2.75) is 26.2 Å². The largest absolute Gasteiger partial charge is 0.469 e. The Morgan fingerprint density at radius 1 is 1.19 bits per heavy atom. The number of aromatic nitrogens is 1. The van der Waals surface area contributed by atoms with E-state index >= 15 is 0 Å². The van der Waals surface area contributed by atoms with Crippen LogP contribution in [0.25, 0.3) is 10.9 Å². The number of guanidine groups is 1. The zero-order valence-electron chi connectivity index (χ0n) is 15.4. The molecule has 2 heterocycles. The zero-order valence-corrected chi connectivity index (χ0v) is 17.8. The highest BCUT2D eigenvalue weighted by Crippen LogP contribution is 2.19. The van der Waals surface area contributed by atoms with Gasteiger partial charge < -0.3 is 20.0 Å². The number of hydrogen-bond acceptors (Lipinski definition) is 2. The highest BCUT2D eigenvalue weighted by atomic mass is 127. The summed E-state index contributed by atoms with van der Waals surface area (Å²) in [5.41, 5.74) is 2.05. The number of nitrogens with one attached hydrogen (secondary N) is 3. The van der Waals surface area contributed by atoms with Crippen LogP contribution < -0.4 is 10.6 Å². The topological polar surface area (TPSA) is 65.3 Å². The van der Waals surface area contributed by atoms with E-state index in [4.69, 9.17) is 4.42 Å². The molecule has 0 unspecified atom stereocenters. The smallest absolute Gasteiger partial charge is 0.191 e. The molecule has 2 aromatic heterocycles. The molecular weight excluding hydrogens is 458 g/mol. The normalized spacial score (nSPS) is 11.4. The average molecular weight is 484 g/mol. The molecule has 0 aliphatic carbocycles. The number of nitrogens with zero attached hydrogens (tertiary/aromatic N) is 1. The van der Waals surface area contributed by atoms with E-state index in [1.54, 1.807) is 18.4 Å². The van der Waals surface area contributed by atoms with Crippen LogP contribution in [0.5, 0.6) is 0 Å². The Kier molecular flexibility index (Phi) is 8.63. The van der Waals surface area contributed by atoms with Crippen LogP contribution in [0.3, 0.4) is 0 Å². The summed E-state index contributed by atoms with van der Waals surface area (Å²) < 4.78 is 18.8. The molecule has 3 rings (SSSR count). The average Bonchev–Trinajstić information content (AvgIpc) is 3.29. The van der Waals surface area contributed by atoms with Gasteiger partial charge in [-0.2, -0.15) is 0 Å². The van der Waals surface area contributed by atoms with Crippen molar-refractivity contribution in [1.29, 1.82) is 0 Å². The van der Waals surface area contributed by atoms with E-state index in [2.05, 4.69) is 27.5 Å². The van der Waals surface area contributed by atoms with Gasteiger partial charge in [-0.05, 0) is 48.7 Å². The fraction of sp³-hybridized carbons (Fsp3) is 0.350. The molecule has 7 heteroatoms. The van der Waals surface area contributed by atoms with Crippen molar-refractivity contribution >= 4 is 40.8 Å². The summed E-state index contributed by atoms with van der Waals surface area (Å²) in [6.45, 7) is 4.35. The number of aromatic amines is 1. The number of benzene rings is 1. The number of rotatable bonds is 8. The lowest BCUT2D eigenvalue weighted by Gasteiger charge is -2.12. The molecule has 0 saturated heterocycles. The maximum atomic E-state index is 13.5. The van der Waals surface area contributed by atoms with Crippen molar-refractivity contribution in [3.8, 4) is 0 Å². The van der Waals surface area contributed by atoms with Gasteiger partial charge in [-0.25, -0.2) is 4.39 Å². The highest BCUT2D eigenvalue weighted by molar-refractivity contribution is 14.0. The van der Waals surface area contributed by atoms with Gasteiger partial charge in [-0.15, -0.1) is 24.0 Å². The van der Waals surface area contributed by atoms with Gasteiger partial charge in [0.25, 0.3) is 0 Å². The van der Waals surface area contributed by atoms with Gasteiger partial charge in [-0.3, -0.25) is 4.99 Å². The lowest BCUT2D eigenvalue weighted by atomic mass is 10.1. The number of aliphatic imine (C=N–C) groups is 1. The first-order chi connectivity index (χ1) is 12.8. The Labute approximate surface area is 175 Å². The first-order valence-corrected chi connectivity index (χ1v) is 9.06. The first kappa shape index (κ1) is 21.3. The maximum absolute atomic E-state index is 13.5. The van der Waals surface area contributed by atoms with Gasteiger partial charge in [0.1, 0.15) is 11.6 Å². The summed E-state index contributed by atoms with van der Waals surface area (Å²) >= 11 is 0. The van der Waals surface area contributed by atoms with Crippen molar-refractivity contribution in [1.82, 2.24) is 15.6 Å². The van der Waals surface area contributed by atoms with E-state index in [0.29, 0.717) is 0 Å². The third-order valence-corrected chi connectivity index (χ3v) is 4.15. The lowest BCUT2D eigenvalue weighted by molar-refractivity contribution is 0.506. The van der Waals surface area contributed by atoms with Crippen LogP contribution in [-0.2, 0) is 12.8 Å². The minimum atomic E-state index is -0.212. The van der Waals surface area contributed by atoms with E-state index in [9.17, 15) is 4.39 Å². The molecule has 0 spiro atoms. The Morgan fingerprint density at radius 2 is 2.00 bits per heavy atom. The quantitative estimate of drug-likeness (QED) is 0.255. The number of halogens is 2. The minimum Gasteiger partial charge on any atom is -0.469 e. The molecule has 0 atom stereocenters. The monoisotopic (exact) mass is 484 g/mol. The van der Waals surface area contributed by atoms with Crippen LogP contribution in [0.2, 0.25) is 0 Å². The Morgan fingerprint density at radius 3 is 2.74 bits per heavy atom. The molecule has 0 aliphatic rings. The van der Waals surface area contributed by atoms with Crippen LogP contribution in [0.15, 0.2) is 52.2 Å². The van der Waals surface area contributed by atoms with E-state index in [1.165, 1.54) is 6.07 Å². The molecule has 0 amide bonds. The van der Waals surface area contributed by atoms with Crippen molar-refractivity contribution in [2.24, 2.45) is 4.99 Å². The van der Waals surface area contributed by atoms with Gasteiger partial charge in [0.2, 0.25) is 0 Å². The maximum Gasteiger partial charge on any atom is 0.191 e. The van der Waals surface area contributed by atoms with Crippen LogP contribution in [0.1, 0.15) is 24.7 Å². The molecule has 0 bridgehead atoms. The van der Waals surface area contributed by atoms with Crippen LogP contribution in [-0.4, -0.2) is 30.6 Å². The van der Waals surface area contributed by atoms with E-state index in [-0.39, 0.29) is 29.8 Å². The third kappa shape index (κ3) is 6.27. The molecular formula is C20H26FIN4O. The number of fused-ring (bicyclic) bond motifs is 1. The van der Waals surface area contributed by atoms with E-state index in [0.717, 1.165) is 67.1 Å². The van der Waals surface area contributed by atoms with Crippen molar-refractivity contribution in [3.05, 3.63) is 59.9 Å². The van der Waals surface area contributed by atoms with Crippen LogP contribution in [0, 0.1) is 5.82 Å². The molecule has 3 N–H and O–H groups in total. The van der Waals surface area contributed by atoms with Gasteiger partial charge >= 0.3 is 0 Å². The zero-order chi connectivity index (χ0) is 18.2. The molecule has 1 aromatic carbocycles. The lowest BCUT2D eigenvalue weighted by Crippen LogP contribution is -2.39. The second-order valence-corrected chi connectivity index (χ2v) is 6.17. The number of furan rings is 1. The molecule has 0 radical (unpaired) electrons. The number of H-pyrrole nitrogens is 1. The summed E-state index contributed by atoms with van der Waals surface area (Å²) in [4.78, 5) is 7.74. The minimum absolute atomic E-state index is 0. The van der Waals surface area contributed by atoms with Gasteiger partial charge in [0.15, 0.2) is 5.96 Å². The van der Waals surface area contributed by atoms with Crippen molar-refractivity contribution in [3.63, 3.8) is 0 Å². The van der Waals surface area contributed by atoms with E-state index in [1.807, 2.05) is 18.3 Å². The Bertz CT molecular complexity index is 845. The van der Waals surface area contributed by atoms with Gasteiger partial charge in [0.05, 0.1) is 6.26 Å². The van der Waals surface area contributed by atoms with Crippen molar-refractivity contribution in [2.75, 3.05) is 19.6 Å². The summed E-state index contributed by atoms with van der Waals surface area (Å²) in [6.07, 6.45) is 6.21. The van der Waals surface area contributed by atoms with Gasteiger partial charge in [0, 0.05) is 43.2 Å². The Balaban J connectivity index is 0.00000261. The van der Waals surface area contributed by atoms with Crippen LogP contribution in [0.4, 0.5) is 4.39 Å². The predicted octanol–water partition coefficient (Wildman–Crippen LogP) is 4.25. The molecule has 0 saturated carbocycles. The molecule has 3 aromatic rings. The second kappa shape index (κ2) is 11.0. The predicted molar refractivity (Wildman–Crippen MR) is 118 cm³/mol. The summed E-state index contributed by atoms with van der Waals surface area (Å²) in [7, 11) is 0. The fourth-order valence-electron chi connectivity index (χ4n) is 2.83. The third-order valence-electron chi connectivity index (χ3n) is 4.15. The van der Waals surface area contributed by atoms with Crippen molar-refractivity contribution < 1.29 is 8.81 Å². The molecule has 146 valence electrons.